The topological polar surface area (TPSA) is 56.5 Å². The molecule has 1 atom stereocenters. The first kappa shape index (κ1) is 15.0. The van der Waals surface area contributed by atoms with Gasteiger partial charge < -0.3 is 9.15 Å². The van der Waals surface area contributed by atoms with Crippen LogP contribution in [0.4, 0.5) is 0 Å². The molecule has 3 aromatic rings. The summed E-state index contributed by atoms with van der Waals surface area (Å²) in [5.74, 6) is 0.388. The Balaban J connectivity index is 1.86. The zero-order valence-corrected chi connectivity index (χ0v) is 12.9. The van der Waals surface area contributed by atoms with Gasteiger partial charge in [-0.1, -0.05) is 30.3 Å². The van der Waals surface area contributed by atoms with Gasteiger partial charge >= 0.3 is 5.63 Å². The van der Waals surface area contributed by atoms with Crippen molar-refractivity contribution in [3.05, 3.63) is 76.1 Å². The number of aryl methyl sites for hydroxylation is 1. The Hall–Kier alpha value is -2.88. The van der Waals surface area contributed by atoms with Gasteiger partial charge in [-0.3, -0.25) is 4.79 Å². The van der Waals surface area contributed by atoms with Crippen molar-refractivity contribution < 1.29 is 13.9 Å². The average Bonchev–Trinajstić information content (AvgIpc) is 2.54. The molecule has 0 N–H and O–H groups in total. The first-order valence-corrected chi connectivity index (χ1v) is 7.35. The third-order valence-electron chi connectivity index (χ3n) is 3.66. The van der Waals surface area contributed by atoms with Crippen LogP contribution in [0.15, 0.2) is 63.8 Å². The molecule has 0 aliphatic carbocycles. The van der Waals surface area contributed by atoms with E-state index in [1.807, 2.05) is 31.2 Å². The smallest absolute Gasteiger partial charge is 0.336 e. The Bertz CT molecular complexity index is 910. The van der Waals surface area contributed by atoms with Crippen molar-refractivity contribution in [3.63, 3.8) is 0 Å². The molecule has 0 bridgehead atoms. The minimum absolute atomic E-state index is 0.101. The quantitative estimate of drug-likeness (QED) is 0.544. The highest BCUT2D eigenvalue weighted by Crippen LogP contribution is 2.23. The maximum atomic E-state index is 12.3. The monoisotopic (exact) mass is 308 g/mol. The Labute approximate surface area is 133 Å². The molecule has 0 radical (unpaired) electrons. The van der Waals surface area contributed by atoms with Crippen molar-refractivity contribution in [1.29, 1.82) is 0 Å². The lowest BCUT2D eigenvalue weighted by molar-refractivity contribution is 0.0818. The van der Waals surface area contributed by atoms with Gasteiger partial charge in [0.05, 0.1) is 0 Å². The summed E-state index contributed by atoms with van der Waals surface area (Å²) in [6, 6.07) is 15.7. The van der Waals surface area contributed by atoms with Gasteiger partial charge in [0, 0.05) is 23.1 Å². The van der Waals surface area contributed by atoms with Crippen LogP contribution in [0.2, 0.25) is 0 Å². The van der Waals surface area contributed by atoms with Gasteiger partial charge in [-0.25, -0.2) is 4.79 Å². The number of fused-ring (bicyclic) bond motifs is 1. The number of rotatable bonds is 4. The second-order valence-electron chi connectivity index (χ2n) is 5.40. The van der Waals surface area contributed by atoms with E-state index in [2.05, 4.69) is 0 Å². The van der Waals surface area contributed by atoms with Gasteiger partial charge in [0.1, 0.15) is 11.3 Å². The highest BCUT2D eigenvalue weighted by atomic mass is 16.5. The molecule has 116 valence electrons. The minimum Gasteiger partial charge on any atom is -0.482 e. The molecule has 0 unspecified atom stereocenters. The van der Waals surface area contributed by atoms with E-state index < -0.39 is 11.7 Å². The lowest BCUT2D eigenvalue weighted by atomic mass is 10.1. The third kappa shape index (κ3) is 3.16. The molecule has 23 heavy (non-hydrogen) atoms. The Morgan fingerprint density at radius 2 is 1.83 bits per heavy atom. The molecule has 0 fully saturated rings. The summed E-state index contributed by atoms with van der Waals surface area (Å²) in [6.45, 7) is 3.55. The lowest BCUT2D eigenvalue weighted by Gasteiger charge is -2.14. The molecule has 0 saturated heterocycles. The fraction of sp³-hybridized carbons (Fsp3) is 0.158. The minimum atomic E-state index is -0.633. The van der Waals surface area contributed by atoms with Crippen molar-refractivity contribution in [3.8, 4) is 5.75 Å². The summed E-state index contributed by atoms with van der Waals surface area (Å²) in [5, 5.41) is 0.846. The fourth-order valence-electron chi connectivity index (χ4n) is 2.47. The lowest BCUT2D eigenvalue weighted by Crippen LogP contribution is -2.23. The summed E-state index contributed by atoms with van der Waals surface area (Å²) >= 11 is 0. The van der Waals surface area contributed by atoms with E-state index >= 15 is 0 Å². The molecular formula is C19H16O4. The fourth-order valence-corrected chi connectivity index (χ4v) is 2.47. The van der Waals surface area contributed by atoms with Gasteiger partial charge in [0.15, 0.2) is 6.10 Å². The van der Waals surface area contributed by atoms with Crippen molar-refractivity contribution >= 4 is 16.8 Å². The van der Waals surface area contributed by atoms with Crippen LogP contribution >= 0.6 is 0 Å². The molecule has 4 nitrogen and oxygen atoms in total. The zero-order valence-electron chi connectivity index (χ0n) is 12.9. The predicted molar refractivity (Wildman–Crippen MR) is 88.1 cm³/mol. The Kier molecular flexibility index (Phi) is 3.98. The van der Waals surface area contributed by atoms with Crippen LogP contribution in [0.5, 0.6) is 5.75 Å². The van der Waals surface area contributed by atoms with E-state index in [9.17, 15) is 9.59 Å². The molecule has 1 heterocycles. The first-order chi connectivity index (χ1) is 11.0. The van der Waals surface area contributed by atoms with E-state index in [-0.39, 0.29) is 5.78 Å². The summed E-state index contributed by atoms with van der Waals surface area (Å²) in [6.07, 6.45) is -0.633. The van der Waals surface area contributed by atoms with Crippen molar-refractivity contribution in [1.82, 2.24) is 0 Å². The number of ketones is 1. The second-order valence-corrected chi connectivity index (χ2v) is 5.40. The number of ether oxygens (including phenoxy) is 1. The SMILES string of the molecule is Cc1cc(=O)oc2cc(O[C@@H](C)C(=O)c3ccccc3)ccc12. The number of hydrogen-bond acceptors (Lipinski definition) is 4. The van der Waals surface area contributed by atoms with Crippen LogP contribution < -0.4 is 10.4 Å². The van der Waals surface area contributed by atoms with Crippen LogP contribution in [0.3, 0.4) is 0 Å². The molecule has 4 heteroatoms. The van der Waals surface area contributed by atoms with E-state index in [1.165, 1.54) is 6.07 Å². The Morgan fingerprint density at radius 3 is 2.57 bits per heavy atom. The van der Waals surface area contributed by atoms with Gasteiger partial charge in [-0.05, 0) is 31.5 Å². The van der Waals surface area contributed by atoms with E-state index in [0.717, 1.165) is 10.9 Å². The molecule has 3 rings (SSSR count). The number of Topliss-reactive ketones (excluding diaryl/α,β-unsaturated/α-hetero) is 1. The number of hydrogen-bond donors (Lipinski definition) is 0. The molecule has 0 aliphatic heterocycles. The maximum absolute atomic E-state index is 12.3. The standard InChI is InChI=1S/C19H16O4/c1-12-10-18(20)23-17-11-15(8-9-16(12)17)22-13(2)19(21)14-6-4-3-5-7-14/h3-11,13H,1-2H3/t13-/m0/s1. The van der Waals surface area contributed by atoms with Gasteiger partial charge in [0.2, 0.25) is 5.78 Å². The van der Waals surface area contributed by atoms with E-state index in [0.29, 0.717) is 16.9 Å². The molecular weight excluding hydrogens is 292 g/mol. The highest BCUT2D eigenvalue weighted by Gasteiger charge is 2.17. The second kappa shape index (κ2) is 6.08. The summed E-state index contributed by atoms with van der Waals surface area (Å²) < 4.78 is 10.9. The van der Waals surface area contributed by atoms with Crippen LogP contribution in [-0.4, -0.2) is 11.9 Å². The molecule has 0 saturated carbocycles. The zero-order chi connectivity index (χ0) is 16.4. The average molecular weight is 308 g/mol. The molecule has 0 amide bonds. The maximum Gasteiger partial charge on any atom is 0.336 e. The molecule has 1 aromatic heterocycles. The van der Waals surface area contributed by atoms with Crippen molar-refractivity contribution in [2.45, 2.75) is 20.0 Å². The largest absolute Gasteiger partial charge is 0.482 e. The number of benzene rings is 2. The molecule has 2 aromatic carbocycles. The number of carbonyl (C=O) groups excluding carboxylic acids is 1. The van der Waals surface area contributed by atoms with Crippen LogP contribution in [0.1, 0.15) is 22.8 Å². The third-order valence-corrected chi connectivity index (χ3v) is 3.66. The van der Waals surface area contributed by atoms with Gasteiger partial charge in [-0.2, -0.15) is 0 Å². The molecule has 0 spiro atoms. The molecule has 0 aliphatic rings. The van der Waals surface area contributed by atoms with Crippen LogP contribution in [0, 0.1) is 6.92 Å². The van der Waals surface area contributed by atoms with E-state index in [1.54, 1.807) is 31.2 Å². The summed E-state index contributed by atoms with van der Waals surface area (Å²) in [4.78, 5) is 23.8. The van der Waals surface area contributed by atoms with Gasteiger partial charge in [-0.15, -0.1) is 0 Å². The highest BCUT2D eigenvalue weighted by molar-refractivity contribution is 5.99. The predicted octanol–water partition coefficient (Wildman–Crippen LogP) is 3.75. The normalized spacial score (nSPS) is 12.1. The first-order valence-electron chi connectivity index (χ1n) is 7.35. The van der Waals surface area contributed by atoms with Crippen LogP contribution in [-0.2, 0) is 0 Å². The van der Waals surface area contributed by atoms with Gasteiger partial charge in [0.25, 0.3) is 0 Å². The number of carbonyl (C=O) groups is 1. The van der Waals surface area contributed by atoms with Crippen molar-refractivity contribution in [2.24, 2.45) is 0 Å². The van der Waals surface area contributed by atoms with Crippen LogP contribution in [0.25, 0.3) is 11.0 Å². The summed E-state index contributed by atoms with van der Waals surface area (Å²) in [7, 11) is 0. The summed E-state index contributed by atoms with van der Waals surface area (Å²) in [5.41, 5.74) is 1.49. The Morgan fingerprint density at radius 1 is 1.09 bits per heavy atom. The van der Waals surface area contributed by atoms with E-state index in [4.69, 9.17) is 9.15 Å². The van der Waals surface area contributed by atoms with Crippen molar-refractivity contribution in [2.75, 3.05) is 0 Å².